The molecule has 0 bridgehead atoms. The van der Waals surface area contributed by atoms with Crippen LogP contribution in [0, 0.1) is 0 Å². The fourth-order valence-electron chi connectivity index (χ4n) is 1.87. The zero-order valence-electron chi connectivity index (χ0n) is 13.0. The van der Waals surface area contributed by atoms with Crippen molar-refractivity contribution in [1.29, 1.82) is 0 Å². The molecule has 1 aromatic carbocycles. The maximum absolute atomic E-state index is 5.36. The average molecular weight is 291 g/mol. The number of hydrogen-bond donors (Lipinski definition) is 1. The van der Waals surface area contributed by atoms with Crippen molar-refractivity contribution in [3.8, 4) is 11.5 Å². The van der Waals surface area contributed by atoms with Crippen LogP contribution in [0.25, 0.3) is 0 Å². The molecule has 1 N–H and O–H groups in total. The molecule has 2 aromatic rings. The van der Waals surface area contributed by atoms with Gasteiger partial charge in [-0.15, -0.1) is 0 Å². The van der Waals surface area contributed by atoms with Gasteiger partial charge >= 0.3 is 0 Å². The number of ether oxygens (including phenoxy) is 2. The molecule has 1 aromatic heterocycles. The van der Waals surface area contributed by atoms with Gasteiger partial charge in [0.05, 0.1) is 19.9 Å². The van der Waals surface area contributed by atoms with Gasteiger partial charge in [-0.2, -0.15) is 4.98 Å². The highest BCUT2D eigenvalue weighted by atomic mass is 16.5. The van der Waals surface area contributed by atoms with Gasteiger partial charge in [0, 0.05) is 12.0 Å². The van der Waals surface area contributed by atoms with Crippen LogP contribution in [0.3, 0.4) is 0 Å². The standard InChI is InChI=1S/C15H21N3O3/c1-9(2)14-17-15(21-18-14)10(3)16-12-7-6-11(19-4)8-13(12)20-5/h6-10,16H,1-5H3/t10-/m0/s1. The SMILES string of the molecule is COc1ccc(N[C@@H](C)c2nc(C(C)C)no2)c(OC)c1. The van der Waals surface area contributed by atoms with Crippen LogP contribution in [-0.4, -0.2) is 24.4 Å². The van der Waals surface area contributed by atoms with Gasteiger partial charge in [-0.3, -0.25) is 0 Å². The number of anilines is 1. The Morgan fingerprint density at radius 3 is 2.48 bits per heavy atom. The Morgan fingerprint density at radius 2 is 1.90 bits per heavy atom. The highest BCUT2D eigenvalue weighted by Gasteiger charge is 2.17. The van der Waals surface area contributed by atoms with E-state index in [-0.39, 0.29) is 12.0 Å². The number of nitrogens with zero attached hydrogens (tertiary/aromatic N) is 2. The Kier molecular flexibility index (Phi) is 4.67. The summed E-state index contributed by atoms with van der Waals surface area (Å²) in [7, 11) is 3.24. The van der Waals surface area contributed by atoms with Gasteiger partial charge in [0.2, 0.25) is 5.89 Å². The molecular weight excluding hydrogens is 270 g/mol. The van der Waals surface area contributed by atoms with E-state index in [2.05, 4.69) is 15.5 Å². The van der Waals surface area contributed by atoms with E-state index in [1.165, 1.54) is 0 Å². The molecular formula is C15H21N3O3. The van der Waals surface area contributed by atoms with Gasteiger partial charge in [0.25, 0.3) is 0 Å². The lowest BCUT2D eigenvalue weighted by Crippen LogP contribution is -2.08. The highest BCUT2D eigenvalue weighted by Crippen LogP contribution is 2.31. The van der Waals surface area contributed by atoms with Gasteiger partial charge in [0.1, 0.15) is 17.5 Å². The summed E-state index contributed by atoms with van der Waals surface area (Å²) in [4.78, 5) is 4.39. The first-order chi connectivity index (χ1) is 10.0. The van der Waals surface area contributed by atoms with E-state index in [1.54, 1.807) is 14.2 Å². The molecule has 21 heavy (non-hydrogen) atoms. The minimum absolute atomic E-state index is 0.118. The second-order valence-electron chi connectivity index (χ2n) is 5.08. The number of hydrogen-bond acceptors (Lipinski definition) is 6. The van der Waals surface area contributed by atoms with E-state index in [9.17, 15) is 0 Å². The van der Waals surface area contributed by atoms with Crippen LogP contribution in [0.1, 0.15) is 44.4 Å². The number of aromatic nitrogens is 2. The molecule has 0 fully saturated rings. The van der Waals surface area contributed by atoms with Crippen molar-refractivity contribution < 1.29 is 14.0 Å². The lowest BCUT2D eigenvalue weighted by atomic mass is 10.2. The zero-order valence-corrected chi connectivity index (χ0v) is 13.0. The van der Waals surface area contributed by atoms with E-state index in [4.69, 9.17) is 14.0 Å². The molecule has 0 saturated carbocycles. The fourth-order valence-corrected chi connectivity index (χ4v) is 1.87. The van der Waals surface area contributed by atoms with E-state index < -0.39 is 0 Å². The van der Waals surface area contributed by atoms with Crippen LogP contribution < -0.4 is 14.8 Å². The smallest absolute Gasteiger partial charge is 0.248 e. The van der Waals surface area contributed by atoms with Crippen molar-refractivity contribution in [2.75, 3.05) is 19.5 Å². The van der Waals surface area contributed by atoms with Gasteiger partial charge in [-0.25, -0.2) is 0 Å². The summed E-state index contributed by atoms with van der Waals surface area (Å²) in [5, 5.41) is 7.28. The molecule has 0 aliphatic heterocycles. The Bertz CT molecular complexity index is 596. The minimum atomic E-state index is -0.118. The Balaban J connectivity index is 2.16. The van der Waals surface area contributed by atoms with E-state index in [0.29, 0.717) is 17.5 Å². The molecule has 6 heteroatoms. The van der Waals surface area contributed by atoms with Crippen LogP contribution in [-0.2, 0) is 0 Å². The highest BCUT2D eigenvalue weighted by molar-refractivity contribution is 5.59. The summed E-state index contributed by atoms with van der Waals surface area (Å²) in [5.74, 6) is 2.94. The van der Waals surface area contributed by atoms with Crippen molar-refractivity contribution >= 4 is 5.69 Å². The van der Waals surface area contributed by atoms with Gasteiger partial charge in [-0.05, 0) is 19.1 Å². The van der Waals surface area contributed by atoms with E-state index in [0.717, 1.165) is 11.4 Å². The monoisotopic (exact) mass is 291 g/mol. The molecule has 2 rings (SSSR count). The maximum atomic E-state index is 5.36. The van der Waals surface area contributed by atoms with Crippen molar-refractivity contribution in [2.24, 2.45) is 0 Å². The summed E-state index contributed by atoms with van der Waals surface area (Å²) in [6, 6.07) is 5.47. The fraction of sp³-hybridized carbons (Fsp3) is 0.467. The molecule has 0 saturated heterocycles. The third kappa shape index (κ3) is 3.45. The van der Waals surface area contributed by atoms with Gasteiger partial charge in [0.15, 0.2) is 5.82 Å². The molecule has 114 valence electrons. The first-order valence-electron chi connectivity index (χ1n) is 6.87. The quantitative estimate of drug-likeness (QED) is 0.879. The first-order valence-corrected chi connectivity index (χ1v) is 6.87. The molecule has 0 spiro atoms. The normalized spacial score (nSPS) is 12.3. The molecule has 1 atom stereocenters. The van der Waals surface area contributed by atoms with Crippen molar-refractivity contribution in [1.82, 2.24) is 10.1 Å². The summed E-state index contributed by atoms with van der Waals surface area (Å²) < 4.78 is 15.8. The molecule has 0 amide bonds. The Labute approximate surface area is 124 Å². The lowest BCUT2D eigenvalue weighted by molar-refractivity contribution is 0.360. The third-order valence-electron chi connectivity index (χ3n) is 3.12. The van der Waals surface area contributed by atoms with Gasteiger partial charge in [-0.1, -0.05) is 19.0 Å². The summed E-state index contributed by atoms with van der Waals surface area (Å²) >= 11 is 0. The summed E-state index contributed by atoms with van der Waals surface area (Å²) in [6.07, 6.45) is 0. The van der Waals surface area contributed by atoms with Crippen LogP contribution in [0.15, 0.2) is 22.7 Å². The van der Waals surface area contributed by atoms with Crippen molar-refractivity contribution in [3.63, 3.8) is 0 Å². The van der Waals surface area contributed by atoms with Gasteiger partial charge < -0.3 is 19.3 Å². The predicted molar refractivity (Wildman–Crippen MR) is 80.0 cm³/mol. The average Bonchev–Trinajstić information content (AvgIpc) is 2.97. The molecule has 0 unspecified atom stereocenters. The molecule has 0 aliphatic carbocycles. The number of benzene rings is 1. The van der Waals surface area contributed by atoms with E-state index >= 15 is 0 Å². The zero-order chi connectivity index (χ0) is 15.4. The largest absolute Gasteiger partial charge is 0.497 e. The molecule has 0 aliphatic rings. The van der Waals surface area contributed by atoms with Crippen molar-refractivity contribution in [3.05, 3.63) is 29.9 Å². The second-order valence-corrected chi connectivity index (χ2v) is 5.08. The Hall–Kier alpha value is -2.24. The van der Waals surface area contributed by atoms with Crippen LogP contribution in [0.4, 0.5) is 5.69 Å². The minimum Gasteiger partial charge on any atom is -0.497 e. The third-order valence-corrected chi connectivity index (χ3v) is 3.12. The van der Waals surface area contributed by atoms with E-state index in [1.807, 2.05) is 39.0 Å². The predicted octanol–water partition coefficient (Wildman–Crippen LogP) is 3.38. The molecule has 6 nitrogen and oxygen atoms in total. The second kappa shape index (κ2) is 6.47. The van der Waals surface area contributed by atoms with Crippen LogP contribution >= 0.6 is 0 Å². The number of nitrogens with one attached hydrogen (secondary N) is 1. The van der Waals surface area contributed by atoms with Crippen LogP contribution in [0.2, 0.25) is 0 Å². The number of rotatable bonds is 6. The topological polar surface area (TPSA) is 69.4 Å². The van der Waals surface area contributed by atoms with Crippen LogP contribution in [0.5, 0.6) is 11.5 Å². The first kappa shape index (κ1) is 15.2. The summed E-state index contributed by atoms with van der Waals surface area (Å²) in [5.41, 5.74) is 0.843. The summed E-state index contributed by atoms with van der Waals surface area (Å²) in [6.45, 7) is 6.01. The molecule has 1 heterocycles. The number of methoxy groups -OCH3 is 2. The molecule has 0 radical (unpaired) electrons. The van der Waals surface area contributed by atoms with Crippen molar-refractivity contribution in [2.45, 2.75) is 32.7 Å². The maximum Gasteiger partial charge on any atom is 0.248 e. The Morgan fingerprint density at radius 1 is 1.14 bits per heavy atom. The lowest BCUT2D eigenvalue weighted by Gasteiger charge is -2.15.